The first-order valence-electron chi connectivity index (χ1n) is 6.13. The highest BCUT2D eigenvalue weighted by Crippen LogP contribution is 2.09. The molecule has 1 rings (SSSR count). The molecular formula is C16H23NO. The van der Waals surface area contributed by atoms with Gasteiger partial charge in [0.15, 0.2) is 0 Å². The van der Waals surface area contributed by atoms with Crippen molar-refractivity contribution in [1.82, 2.24) is 5.32 Å². The average Bonchev–Trinajstić information content (AvgIpc) is 2.61. The van der Waals surface area contributed by atoms with Crippen LogP contribution >= 0.6 is 0 Å². The zero-order chi connectivity index (χ0) is 13.8. The average molecular weight is 245 g/mol. The van der Waals surface area contributed by atoms with Gasteiger partial charge in [0, 0.05) is 13.0 Å². The molecule has 0 atom stereocenters. The number of amides is 1. The first-order chi connectivity index (χ1) is 8.72. The van der Waals surface area contributed by atoms with Gasteiger partial charge in [0.25, 0.3) is 0 Å². The lowest BCUT2D eigenvalue weighted by molar-refractivity contribution is -0.120. The van der Waals surface area contributed by atoms with Crippen molar-refractivity contribution >= 4 is 5.91 Å². The van der Waals surface area contributed by atoms with E-state index in [1.54, 1.807) is 6.08 Å². The third kappa shape index (κ3) is 7.44. The van der Waals surface area contributed by atoms with Gasteiger partial charge in [-0.2, -0.15) is 0 Å². The molecule has 0 bridgehead atoms. The van der Waals surface area contributed by atoms with E-state index in [0.717, 1.165) is 12.8 Å². The molecule has 0 radical (unpaired) electrons. The van der Waals surface area contributed by atoms with Gasteiger partial charge in [-0.1, -0.05) is 36.0 Å². The fourth-order valence-corrected chi connectivity index (χ4v) is 1.43. The summed E-state index contributed by atoms with van der Waals surface area (Å²) in [4.78, 5) is 11.4. The van der Waals surface area contributed by atoms with Crippen LogP contribution in [0.25, 0.3) is 0 Å². The minimum absolute atomic E-state index is 0.0923. The standard InChI is InChI=1S/C14H19NO.C2H4/c1-3-4-8-14(16)15-11-13-7-5-6-12(2)9-10-13;1-2/h3,5-6,9-10H,1,4,7-8,11H2,2H3,(H,15,16);1-2H2. The summed E-state index contributed by atoms with van der Waals surface area (Å²) in [6, 6.07) is 0. The molecular weight excluding hydrogens is 222 g/mol. The summed E-state index contributed by atoms with van der Waals surface area (Å²) in [6.07, 6.45) is 12.3. The first kappa shape index (κ1) is 16.2. The van der Waals surface area contributed by atoms with Crippen LogP contribution in [-0.4, -0.2) is 12.5 Å². The molecule has 1 amide bonds. The Morgan fingerprint density at radius 2 is 2.17 bits per heavy atom. The van der Waals surface area contributed by atoms with Crippen LogP contribution in [0.1, 0.15) is 26.2 Å². The van der Waals surface area contributed by atoms with E-state index in [1.807, 2.05) is 0 Å². The van der Waals surface area contributed by atoms with E-state index in [2.05, 4.69) is 56.3 Å². The second-order valence-electron chi connectivity index (χ2n) is 3.95. The van der Waals surface area contributed by atoms with Gasteiger partial charge in [0.05, 0.1) is 0 Å². The summed E-state index contributed by atoms with van der Waals surface area (Å²) in [5.41, 5.74) is 2.48. The van der Waals surface area contributed by atoms with Crippen molar-refractivity contribution in [2.24, 2.45) is 0 Å². The molecule has 0 aliphatic heterocycles. The van der Waals surface area contributed by atoms with Crippen LogP contribution in [-0.2, 0) is 4.79 Å². The van der Waals surface area contributed by atoms with Gasteiger partial charge < -0.3 is 5.32 Å². The second kappa shape index (κ2) is 10.3. The Balaban J connectivity index is 0.00000137. The number of hydrogen-bond donors (Lipinski definition) is 1. The van der Waals surface area contributed by atoms with Crippen LogP contribution in [0.3, 0.4) is 0 Å². The molecule has 0 unspecified atom stereocenters. The smallest absolute Gasteiger partial charge is 0.220 e. The minimum Gasteiger partial charge on any atom is -0.352 e. The predicted molar refractivity (Wildman–Crippen MR) is 79.3 cm³/mol. The quantitative estimate of drug-likeness (QED) is 0.735. The van der Waals surface area contributed by atoms with Crippen molar-refractivity contribution in [3.05, 3.63) is 61.3 Å². The monoisotopic (exact) mass is 245 g/mol. The summed E-state index contributed by atoms with van der Waals surface area (Å²) in [6.45, 7) is 12.3. The summed E-state index contributed by atoms with van der Waals surface area (Å²) in [7, 11) is 0. The molecule has 98 valence electrons. The lowest BCUT2D eigenvalue weighted by atomic mass is 10.2. The van der Waals surface area contributed by atoms with E-state index >= 15 is 0 Å². The number of allylic oxidation sites excluding steroid dienone is 6. The normalized spacial score (nSPS) is 13.4. The summed E-state index contributed by atoms with van der Waals surface area (Å²) >= 11 is 0. The third-order valence-electron chi connectivity index (χ3n) is 2.43. The molecule has 1 aliphatic carbocycles. The van der Waals surface area contributed by atoms with Gasteiger partial charge in [-0.25, -0.2) is 0 Å². The number of rotatable bonds is 5. The van der Waals surface area contributed by atoms with E-state index in [-0.39, 0.29) is 5.91 Å². The van der Waals surface area contributed by atoms with Crippen LogP contribution in [0.4, 0.5) is 0 Å². The van der Waals surface area contributed by atoms with E-state index in [4.69, 9.17) is 0 Å². The van der Waals surface area contributed by atoms with Gasteiger partial charge in [0.2, 0.25) is 5.91 Å². The topological polar surface area (TPSA) is 29.1 Å². The van der Waals surface area contributed by atoms with Crippen LogP contribution in [0, 0.1) is 0 Å². The number of hydrogen-bond acceptors (Lipinski definition) is 1. The zero-order valence-corrected chi connectivity index (χ0v) is 11.2. The molecule has 0 aromatic rings. The molecule has 18 heavy (non-hydrogen) atoms. The SMILES string of the molecule is C=C.C=CCCC(=O)NCC1=CC=C(C)C=CC1. The lowest BCUT2D eigenvalue weighted by Gasteiger charge is -2.05. The maximum atomic E-state index is 11.4. The number of nitrogens with one attached hydrogen (secondary N) is 1. The molecule has 0 aromatic carbocycles. The third-order valence-corrected chi connectivity index (χ3v) is 2.43. The molecule has 2 nitrogen and oxygen atoms in total. The van der Waals surface area contributed by atoms with Gasteiger partial charge >= 0.3 is 0 Å². The highest BCUT2D eigenvalue weighted by atomic mass is 16.1. The summed E-state index contributed by atoms with van der Waals surface area (Å²) in [5.74, 6) is 0.0923. The molecule has 0 spiro atoms. The number of carbonyl (C=O) groups excluding carboxylic acids is 1. The van der Waals surface area contributed by atoms with Crippen molar-refractivity contribution in [2.75, 3.05) is 6.54 Å². The maximum absolute atomic E-state index is 11.4. The van der Waals surface area contributed by atoms with Crippen LogP contribution in [0.2, 0.25) is 0 Å². The van der Waals surface area contributed by atoms with Gasteiger partial charge in [-0.3, -0.25) is 4.79 Å². The Hall–Kier alpha value is -1.83. The Morgan fingerprint density at radius 3 is 2.83 bits per heavy atom. The van der Waals surface area contributed by atoms with E-state index in [1.165, 1.54) is 11.1 Å². The largest absolute Gasteiger partial charge is 0.352 e. The Kier molecular flexibility index (Phi) is 9.28. The summed E-state index contributed by atoms with van der Waals surface area (Å²) in [5, 5.41) is 2.91. The molecule has 1 N–H and O–H groups in total. The van der Waals surface area contributed by atoms with Crippen molar-refractivity contribution < 1.29 is 4.79 Å². The van der Waals surface area contributed by atoms with Gasteiger partial charge in [-0.15, -0.1) is 19.7 Å². The van der Waals surface area contributed by atoms with Crippen LogP contribution in [0.5, 0.6) is 0 Å². The predicted octanol–water partition coefficient (Wildman–Crippen LogP) is 3.70. The zero-order valence-electron chi connectivity index (χ0n) is 11.2. The molecule has 0 fully saturated rings. The molecule has 2 heteroatoms. The Bertz CT molecular complexity index is 361. The van der Waals surface area contributed by atoms with Crippen molar-refractivity contribution in [1.29, 1.82) is 0 Å². The van der Waals surface area contributed by atoms with E-state index in [9.17, 15) is 4.79 Å². The van der Waals surface area contributed by atoms with Gasteiger partial charge in [0.1, 0.15) is 0 Å². The number of carbonyl (C=O) groups is 1. The molecule has 0 heterocycles. The maximum Gasteiger partial charge on any atom is 0.220 e. The van der Waals surface area contributed by atoms with Gasteiger partial charge in [-0.05, 0) is 25.3 Å². The van der Waals surface area contributed by atoms with Crippen molar-refractivity contribution in [3.8, 4) is 0 Å². The molecule has 0 saturated heterocycles. The van der Waals surface area contributed by atoms with E-state index in [0.29, 0.717) is 13.0 Å². The molecule has 0 saturated carbocycles. The Morgan fingerprint density at radius 1 is 1.44 bits per heavy atom. The molecule has 1 aliphatic rings. The summed E-state index contributed by atoms with van der Waals surface area (Å²) < 4.78 is 0. The van der Waals surface area contributed by atoms with Crippen molar-refractivity contribution in [2.45, 2.75) is 26.2 Å². The highest BCUT2D eigenvalue weighted by molar-refractivity contribution is 5.76. The molecule has 0 aromatic heterocycles. The second-order valence-corrected chi connectivity index (χ2v) is 3.95. The Labute approximate surface area is 110 Å². The first-order valence-corrected chi connectivity index (χ1v) is 6.13. The van der Waals surface area contributed by atoms with Crippen molar-refractivity contribution in [3.63, 3.8) is 0 Å². The van der Waals surface area contributed by atoms with Crippen LogP contribution < -0.4 is 5.32 Å². The fraction of sp³-hybridized carbons (Fsp3) is 0.312. The highest BCUT2D eigenvalue weighted by Gasteiger charge is 2.01. The fourth-order valence-electron chi connectivity index (χ4n) is 1.43. The van der Waals surface area contributed by atoms with Crippen LogP contribution in [0.15, 0.2) is 61.3 Å². The lowest BCUT2D eigenvalue weighted by Crippen LogP contribution is -2.25. The minimum atomic E-state index is 0.0923. The van der Waals surface area contributed by atoms with E-state index < -0.39 is 0 Å².